The Kier molecular flexibility index (Phi) is 6.34. The van der Waals surface area contributed by atoms with Crippen molar-refractivity contribution in [3.05, 3.63) is 89.3 Å². The van der Waals surface area contributed by atoms with E-state index in [1.165, 1.54) is 0 Å². The van der Waals surface area contributed by atoms with Gasteiger partial charge in [0.05, 0.1) is 22.7 Å². The summed E-state index contributed by atoms with van der Waals surface area (Å²) in [6.07, 6.45) is 3.38. The molecule has 8 nitrogen and oxygen atoms in total. The van der Waals surface area contributed by atoms with Gasteiger partial charge in [-0.2, -0.15) is 0 Å². The smallest absolute Gasteiger partial charge is 0.152 e. The number of pyridine rings is 1. The number of hydrogen-bond donors (Lipinski definition) is 3. The molecule has 2 heterocycles. The van der Waals surface area contributed by atoms with Crippen LogP contribution < -0.4 is 21.8 Å². The first-order chi connectivity index (χ1) is 15.6. The first-order valence-corrected chi connectivity index (χ1v) is 10.2. The molecule has 0 saturated carbocycles. The van der Waals surface area contributed by atoms with Crippen LogP contribution in [0.2, 0.25) is 5.02 Å². The van der Waals surface area contributed by atoms with E-state index in [1.54, 1.807) is 18.6 Å². The third-order valence-electron chi connectivity index (χ3n) is 4.86. The van der Waals surface area contributed by atoms with Crippen molar-refractivity contribution >= 4 is 17.4 Å². The molecule has 0 radical (unpaired) electrons. The number of aromatic nitrogens is 3. The fourth-order valence-electron chi connectivity index (χ4n) is 3.31. The predicted molar refractivity (Wildman–Crippen MR) is 126 cm³/mol. The average Bonchev–Trinajstić information content (AvgIpc) is 3.21. The molecule has 0 aliphatic rings. The lowest BCUT2D eigenvalue weighted by Crippen LogP contribution is -2.23. The number of nitrogens with zero attached hydrogens (tertiary/aromatic N) is 4. The number of hydrogen-bond acceptors (Lipinski definition) is 6. The Labute approximate surface area is 190 Å². The number of hydrazone groups is 1. The molecule has 0 fully saturated rings. The van der Waals surface area contributed by atoms with Gasteiger partial charge in [0.1, 0.15) is 18.1 Å². The molecule has 0 unspecified atom stereocenters. The van der Waals surface area contributed by atoms with Crippen LogP contribution >= 0.6 is 11.6 Å². The van der Waals surface area contributed by atoms with Crippen LogP contribution in [0.25, 0.3) is 22.6 Å². The van der Waals surface area contributed by atoms with Gasteiger partial charge in [-0.25, -0.2) is 16.4 Å². The van der Waals surface area contributed by atoms with Crippen molar-refractivity contribution in [3.63, 3.8) is 0 Å². The van der Waals surface area contributed by atoms with Crippen LogP contribution in [0.4, 0.5) is 0 Å². The van der Waals surface area contributed by atoms with Crippen molar-refractivity contribution in [2.24, 2.45) is 23.7 Å². The van der Waals surface area contributed by atoms with Crippen LogP contribution in [0.1, 0.15) is 11.1 Å². The monoisotopic (exact) mass is 447 g/mol. The third kappa shape index (κ3) is 4.56. The molecule has 4 rings (SSSR count). The maximum Gasteiger partial charge on any atom is 0.152 e. The first kappa shape index (κ1) is 21.4. The first-order valence-electron chi connectivity index (χ1n) is 9.80. The number of rotatable bonds is 7. The summed E-state index contributed by atoms with van der Waals surface area (Å²) in [7, 11) is 1.92. The molecule has 0 bridgehead atoms. The Balaban J connectivity index is 1.69. The molecule has 0 spiro atoms. The molecular weight excluding hydrogens is 426 g/mol. The SMILES string of the molecule is Cn1cnc(-c2cc(/C(N)=N/NN)ccn2)c1-c1ccc(Cl)c(OCc2ccccc2)c1. The topological polar surface area (TPSA) is 116 Å². The number of nitrogens with one attached hydrogen (secondary N) is 1. The number of nitrogens with two attached hydrogens (primary N) is 2. The maximum atomic E-state index is 6.40. The van der Waals surface area contributed by atoms with Crippen molar-refractivity contribution in [3.8, 4) is 28.4 Å². The Bertz CT molecular complexity index is 1250. The minimum Gasteiger partial charge on any atom is -0.487 e. The van der Waals surface area contributed by atoms with Crippen molar-refractivity contribution in [1.29, 1.82) is 0 Å². The summed E-state index contributed by atoms with van der Waals surface area (Å²) in [5, 5.41) is 4.35. The van der Waals surface area contributed by atoms with Gasteiger partial charge in [-0.15, -0.1) is 5.10 Å². The van der Waals surface area contributed by atoms with E-state index in [0.29, 0.717) is 34.3 Å². The van der Waals surface area contributed by atoms with E-state index in [1.807, 2.05) is 66.2 Å². The standard InChI is InChI=1S/C23H22ClN7O/c1-31-14-28-21(19-11-17(9-10-27-19)23(25)29-30-26)22(31)16-7-8-18(24)20(12-16)32-13-15-5-3-2-4-6-15/h2-12,14,30H,13,26H2,1H3,(H2,25,29). The molecule has 0 aliphatic carbocycles. The summed E-state index contributed by atoms with van der Waals surface area (Å²) in [5.41, 5.74) is 13.0. The second-order valence-corrected chi connectivity index (χ2v) is 7.44. The van der Waals surface area contributed by atoms with E-state index in [-0.39, 0.29) is 5.84 Å². The number of amidine groups is 1. The summed E-state index contributed by atoms with van der Waals surface area (Å²) >= 11 is 6.40. The average molecular weight is 448 g/mol. The highest BCUT2D eigenvalue weighted by Gasteiger charge is 2.17. The lowest BCUT2D eigenvalue weighted by Gasteiger charge is -2.12. The van der Waals surface area contributed by atoms with Crippen molar-refractivity contribution < 1.29 is 4.74 Å². The predicted octanol–water partition coefficient (Wildman–Crippen LogP) is 3.47. The molecule has 4 aromatic rings. The highest BCUT2D eigenvalue weighted by atomic mass is 35.5. The van der Waals surface area contributed by atoms with Gasteiger partial charge in [-0.3, -0.25) is 4.98 Å². The molecule has 0 aliphatic heterocycles. The summed E-state index contributed by atoms with van der Waals surface area (Å²) in [6.45, 7) is 0.416. The minimum atomic E-state index is 0.247. The summed E-state index contributed by atoms with van der Waals surface area (Å²) in [4.78, 5) is 9.03. The molecule has 162 valence electrons. The van der Waals surface area contributed by atoms with Gasteiger partial charge < -0.3 is 15.0 Å². The van der Waals surface area contributed by atoms with Crippen molar-refractivity contribution in [2.75, 3.05) is 0 Å². The van der Waals surface area contributed by atoms with E-state index < -0.39 is 0 Å². The molecule has 0 saturated heterocycles. The largest absolute Gasteiger partial charge is 0.487 e. The van der Waals surface area contributed by atoms with E-state index in [4.69, 9.17) is 27.9 Å². The number of imidazole rings is 1. The van der Waals surface area contributed by atoms with E-state index in [2.05, 4.69) is 20.6 Å². The van der Waals surface area contributed by atoms with Crippen LogP contribution in [0.15, 0.2) is 78.3 Å². The van der Waals surface area contributed by atoms with Crippen LogP contribution in [0, 0.1) is 0 Å². The molecule has 0 atom stereocenters. The molecule has 5 N–H and O–H groups in total. The minimum absolute atomic E-state index is 0.247. The highest BCUT2D eigenvalue weighted by Crippen LogP contribution is 2.35. The van der Waals surface area contributed by atoms with Crippen LogP contribution in [-0.4, -0.2) is 20.4 Å². The second kappa shape index (κ2) is 9.51. The van der Waals surface area contributed by atoms with Crippen LogP contribution in [0.3, 0.4) is 0 Å². The Morgan fingerprint density at radius 3 is 2.72 bits per heavy atom. The number of aryl methyl sites for hydroxylation is 1. The number of halogens is 1. The Morgan fingerprint density at radius 2 is 1.94 bits per heavy atom. The zero-order valence-corrected chi connectivity index (χ0v) is 18.1. The zero-order chi connectivity index (χ0) is 22.5. The second-order valence-electron chi connectivity index (χ2n) is 7.03. The van der Waals surface area contributed by atoms with Gasteiger partial charge in [0, 0.05) is 24.4 Å². The normalized spacial score (nSPS) is 11.4. The number of ether oxygens (including phenoxy) is 1. The quantitative estimate of drug-likeness (QED) is 0.173. The fraction of sp³-hybridized carbons (Fsp3) is 0.0870. The van der Waals surface area contributed by atoms with E-state index >= 15 is 0 Å². The Hall–Kier alpha value is -3.88. The van der Waals surface area contributed by atoms with E-state index in [9.17, 15) is 0 Å². The number of benzene rings is 2. The molecule has 32 heavy (non-hydrogen) atoms. The van der Waals surface area contributed by atoms with Crippen LogP contribution in [0.5, 0.6) is 5.75 Å². The summed E-state index contributed by atoms with van der Waals surface area (Å²) in [6, 6.07) is 19.1. The van der Waals surface area contributed by atoms with Gasteiger partial charge in [0.15, 0.2) is 5.84 Å². The van der Waals surface area contributed by atoms with Gasteiger partial charge in [0.25, 0.3) is 0 Å². The zero-order valence-electron chi connectivity index (χ0n) is 17.4. The van der Waals surface area contributed by atoms with Crippen molar-refractivity contribution in [1.82, 2.24) is 20.1 Å². The van der Waals surface area contributed by atoms with E-state index in [0.717, 1.165) is 16.8 Å². The molecule has 0 amide bonds. The molecule has 9 heteroatoms. The Morgan fingerprint density at radius 1 is 1.12 bits per heavy atom. The highest BCUT2D eigenvalue weighted by molar-refractivity contribution is 6.32. The van der Waals surface area contributed by atoms with Gasteiger partial charge in [0.2, 0.25) is 0 Å². The fourth-order valence-corrected chi connectivity index (χ4v) is 3.48. The molecular formula is C23H22ClN7O. The van der Waals surface area contributed by atoms with Crippen molar-refractivity contribution in [2.45, 2.75) is 6.61 Å². The summed E-state index contributed by atoms with van der Waals surface area (Å²) < 4.78 is 7.92. The van der Waals surface area contributed by atoms with Gasteiger partial charge in [-0.1, -0.05) is 48.0 Å². The van der Waals surface area contributed by atoms with Crippen LogP contribution in [-0.2, 0) is 13.7 Å². The molecule has 2 aromatic heterocycles. The summed E-state index contributed by atoms with van der Waals surface area (Å²) in [5.74, 6) is 6.07. The van der Waals surface area contributed by atoms with Gasteiger partial charge in [-0.05, 0) is 29.8 Å². The lowest BCUT2D eigenvalue weighted by atomic mass is 10.1. The van der Waals surface area contributed by atoms with Gasteiger partial charge >= 0.3 is 0 Å². The molecule has 2 aromatic carbocycles. The lowest BCUT2D eigenvalue weighted by molar-refractivity contribution is 0.306. The third-order valence-corrected chi connectivity index (χ3v) is 5.17. The maximum absolute atomic E-state index is 6.40. The number of hydrazine groups is 1.